The molecule has 116 valence electrons. The Labute approximate surface area is 115 Å². The van der Waals surface area contributed by atoms with Crippen LogP contribution in [0.1, 0.15) is 25.4 Å². The lowest BCUT2D eigenvalue weighted by Crippen LogP contribution is -2.33. The van der Waals surface area contributed by atoms with E-state index in [4.69, 9.17) is 4.42 Å². The molecule has 1 aromatic rings. The van der Waals surface area contributed by atoms with Crippen LogP contribution in [0.5, 0.6) is 0 Å². The van der Waals surface area contributed by atoms with Gasteiger partial charge in [-0.3, -0.25) is 0 Å². The van der Waals surface area contributed by atoms with Crippen LogP contribution in [0.3, 0.4) is 0 Å². The monoisotopic (exact) mass is 314 g/mol. The lowest BCUT2D eigenvalue weighted by Gasteiger charge is -2.08. The van der Waals surface area contributed by atoms with Gasteiger partial charge in [-0.15, -0.1) is 0 Å². The van der Waals surface area contributed by atoms with Crippen LogP contribution in [0.2, 0.25) is 0 Å². The van der Waals surface area contributed by atoms with Crippen LogP contribution in [0, 0.1) is 6.92 Å². The lowest BCUT2D eigenvalue weighted by atomic mass is 10.3. The summed E-state index contributed by atoms with van der Waals surface area (Å²) in [6.07, 6.45) is -4.60. The summed E-state index contributed by atoms with van der Waals surface area (Å²) in [5.41, 5.74) is 0. The van der Waals surface area contributed by atoms with Crippen molar-refractivity contribution in [2.75, 3.05) is 6.54 Å². The van der Waals surface area contributed by atoms with Gasteiger partial charge < -0.3 is 9.73 Å². The summed E-state index contributed by atoms with van der Waals surface area (Å²) >= 11 is 0. The molecule has 0 amide bonds. The molecular weight excluding hydrogens is 297 g/mol. The van der Waals surface area contributed by atoms with Gasteiger partial charge in [-0.05, 0) is 6.92 Å². The highest BCUT2D eigenvalue weighted by Crippen LogP contribution is 2.21. The van der Waals surface area contributed by atoms with Gasteiger partial charge in [0, 0.05) is 12.1 Å². The van der Waals surface area contributed by atoms with Crippen LogP contribution in [0.4, 0.5) is 13.2 Å². The third-order valence-electron chi connectivity index (χ3n) is 2.36. The summed E-state index contributed by atoms with van der Waals surface area (Å²) in [6.45, 7) is 3.88. The Balaban J connectivity index is 2.85. The van der Waals surface area contributed by atoms with Crippen molar-refractivity contribution in [2.24, 2.45) is 0 Å². The fourth-order valence-electron chi connectivity index (χ4n) is 1.44. The van der Waals surface area contributed by atoms with E-state index in [1.807, 2.05) is 13.8 Å². The Morgan fingerprint density at radius 2 is 1.95 bits per heavy atom. The van der Waals surface area contributed by atoms with Gasteiger partial charge in [0.2, 0.25) is 10.0 Å². The number of aryl methyl sites for hydroxylation is 1. The zero-order chi connectivity index (χ0) is 15.6. The molecule has 1 aromatic heterocycles. The maximum absolute atomic E-state index is 12.1. The Kier molecular flexibility index (Phi) is 5.22. The van der Waals surface area contributed by atoms with Gasteiger partial charge >= 0.3 is 6.18 Å². The first kappa shape index (κ1) is 17.0. The van der Waals surface area contributed by atoms with E-state index in [9.17, 15) is 21.6 Å². The van der Waals surface area contributed by atoms with E-state index < -0.39 is 22.7 Å². The molecule has 0 bridgehead atoms. The topological polar surface area (TPSA) is 71.3 Å². The Morgan fingerprint density at radius 1 is 1.35 bits per heavy atom. The molecule has 0 aliphatic heterocycles. The molecule has 0 unspecified atom stereocenters. The highest BCUT2D eigenvalue weighted by molar-refractivity contribution is 7.89. The fraction of sp³-hybridized carbons (Fsp3) is 0.636. The van der Waals surface area contributed by atoms with Gasteiger partial charge in [-0.1, -0.05) is 13.8 Å². The highest BCUT2D eigenvalue weighted by Gasteiger charge is 2.31. The second kappa shape index (κ2) is 6.15. The van der Waals surface area contributed by atoms with Gasteiger partial charge in [0.05, 0.1) is 6.54 Å². The third kappa shape index (κ3) is 5.14. The molecule has 20 heavy (non-hydrogen) atoms. The Bertz CT molecular complexity index is 550. The number of sulfonamides is 1. The number of rotatable bonds is 6. The second-order valence-electron chi connectivity index (χ2n) is 4.61. The van der Waals surface area contributed by atoms with Crippen molar-refractivity contribution in [3.05, 3.63) is 17.6 Å². The number of furan rings is 1. The normalized spacial score (nSPS) is 13.2. The predicted molar refractivity (Wildman–Crippen MR) is 66.7 cm³/mol. The number of halogens is 3. The molecule has 0 aromatic carbocycles. The van der Waals surface area contributed by atoms with E-state index in [2.05, 4.69) is 5.32 Å². The molecule has 0 aliphatic carbocycles. The zero-order valence-corrected chi connectivity index (χ0v) is 12.2. The van der Waals surface area contributed by atoms with Crippen LogP contribution in [0.25, 0.3) is 0 Å². The quantitative estimate of drug-likeness (QED) is 0.841. The van der Waals surface area contributed by atoms with E-state index in [0.29, 0.717) is 12.3 Å². The van der Waals surface area contributed by atoms with Gasteiger partial charge in [-0.25, -0.2) is 13.1 Å². The molecule has 2 N–H and O–H groups in total. The molecule has 1 heterocycles. The first-order valence-electron chi connectivity index (χ1n) is 5.90. The van der Waals surface area contributed by atoms with Gasteiger partial charge in [0.1, 0.15) is 23.0 Å². The van der Waals surface area contributed by atoms with Crippen LogP contribution in [0.15, 0.2) is 15.4 Å². The third-order valence-corrected chi connectivity index (χ3v) is 3.87. The molecule has 0 atom stereocenters. The average molecular weight is 314 g/mol. The summed E-state index contributed by atoms with van der Waals surface area (Å²) in [7, 11) is -4.23. The van der Waals surface area contributed by atoms with Gasteiger partial charge in [-0.2, -0.15) is 13.2 Å². The van der Waals surface area contributed by atoms with Crippen molar-refractivity contribution >= 4 is 10.0 Å². The minimum Gasteiger partial charge on any atom is -0.464 e. The number of hydrogen-bond acceptors (Lipinski definition) is 4. The fourth-order valence-corrected chi connectivity index (χ4v) is 2.65. The zero-order valence-electron chi connectivity index (χ0n) is 11.3. The predicted octanol–water partition coefficient (Wildman–Crippen LogP) is 1.93. The minimum atomic E-state index is -4.60. The maximum atomic E-state index is 12.1. The van der Waals surface area contributed by atoms with E-state index in [-0.39, 0.29) is 16.7 Å². The number of alkyl halides is 3. The number of hydrogen-bond donors (Lipinski definition) is 2. The van der Waals surface area contributed by atoms with Crippen LogP contribution < -0.4 is 10.0 Å². The highest BCUT2D eigenvalue weighted by atomic mass is 32.2. The van der Waals surface area contributed by atoms with Crippen LogP contribution in [-0.2, 0) is 16.6 Å². The van der Waals surface area contributed by atoms with Crippen LogP contribution >= 0.6 is 0 Å². The molecular formula is C11H17F3N2O3S. The first-order chi connectivity index (χ1) is 9.01. The molecule has 0 fully saturated rings. The van der Waals surface area contributed by atoms with Crippen molar-refractivity contribution in [1.29, 1.82) is 0 Å². The van der Waals surface area contributed by atoms with Crippen LogP contribution in [-0.4, -0.2) is 27.2 Å². The SMILES string of the molecule is Cc1oc(CNC(C)C)cc1S(=O)(=O)NCC(F)(F)F. The summed E-state index contributed by atoms with van der Waals surface area (Å²) < 4.78 is 66.4. The lowest BCUT2D eigenvalue weighted by molar-refractivity contribution is -0.121. The van der Waals surface area contributed by atoms with Crippen molar-refractivity contribution in [3.8, 4) is 0 Å². The van der Waals surface area contributed by atoms with Crippen molar-refractivity contribution < 1.29 is 26.0 Å². The minimum absolute atomic E-state index is 0.0558. The van der Waals surface area contributed by atoms with E-state index >= 15 is 0 Å². The molecule has 0 saturated heterocycles. The second-order valence-corrected chi connectivity index (χ2v) is 6.34. The largest absolute Gasteiger partial charge is 0.464 e. The molecule has 0 spiro atoms. The smallest absolute Gasteiger partial charge is 0.402 e. The molecule has 0 radical (unpaired) electrons. The van der Waals surface area contributed by atoms with E-state index in [1.165, 1.54) is 17.7 Å². The van der Waals surface area contributed by atoms with E-state index in [1.54, 1.807) is 0 Å². The van der Waals surface area contributed by atoms with Gasteiger partial charge in [0.25, 0.3) is 0 Å². The molecule has 0 saturated carbocycles. The Hall–Kier alpha value is -1.06. The first-order valence-corrected chi connectivity index (χ1v) is 7.38. The van der Waals surface area contributed by atoms with Gasteiger partial charge in [0.15, 0.2) is 0 Å². The maximum Gasteiger partial charge on any atom is 0.402 e. The molecule has 0 aliphatic rings. The summed E-state index contributed by atoms with van der Waals surface area (Å²) in [6, 6.07) is 1.40. The molecule has 1 rings (SSSR count). The Morgan fingerprint density at radius 3 is 2.45 bits per heavy atom. The van der Waals surface area contributed by atoms with Crippen molar-refractivity contribution in [2.45, 2.75) is 44.4 Å². The van der Waals surface area contributed by atoms with Crippen molar-refractivity contribution in [3.63, 3.8) is 0 Å². The summed E-state index contributed by atoms with van der Waals surface area (Å²) in [5, 5.41) is 3.02. The summed E-state index contributed by atoms with van der Waals surface area (Å²) in [4.78, 5) is -0.276. The van der Waals surface area contributed by atoms with Crippen molar-refractivity contribution in [1.82, 2.24) is 10.0 Å². The van der Waals surface area contributed by atoms with E-state index in [0.717, 1.165) is 0 Å². The number of nitrogens with one attached hydrogen (secondary N) is 2. The summed E-state index contributed by atoms with van der Waals surface area (Å²) in [5.74, 6) is 0.406. The molecule has 5 nitrogen and oxygen atoms in total. The average Bonchev–Trinajstić information content (AvgIpc) is 2.65. The molecule has 9 heteroatoms. The standard InChI is InChI=1S/C11H17F3N2O3S/c1-7(2)15-5-9-4-10(8(3)19-9)20(17,18)16-6-11(12,13)14/h4,7,15-16H,5-6H2,1-3H3.